The quantitative estimate of drug-likeness (QED) is 0.467. The van der Waals surface area contributed by atoms with Crippen molar-refractivity contribution in [1.82, 2.24) is 9.55 Å². The van der Waals surface area contributed by atoms with Gasteiger partial charge in [-0.05, 0) is 25.1 Å². The zero-order valence-corrected chi connectivity index (χ0v) is 13.8. The van der Waals surface area contributed by atoms with Crippen molar-refractivity contribution in [3.63, 3.8) is 0 Å². The summed E-state index contributed by atoms with van der Waals surface area (Å²) in [6.07, 6.45) is 1.81. The first-order chi connectivity index (χ1) is 8.87. The van der Waals surface area contributed by atoms with Crippen LogP contribution in [0, 0.1) is 6.92 Å². The number of ether oxygens (including phenoxy) is 1. The Bertz CT molecular complexity index is 575. The summed E-state index contributed by atoms with van der Waals surface area (Å²) in [6.45, 7) is 10.6. The zero-order chi connectivity index (χ0) is 14.0. The minimum absolute atomic E-state index is 0.522. The van der Waals surface area contributed by atoms with E-state index >= 15 is 0 Å². The van der Waals surface area contributed by atoms with Crippen LogP contribution in [0.25, 0.3) is 10.9 Å². The Morgan fingerprint density at radius 2 is 2.05 bits per heavy atom. The zero-order valence-electron chi connectivity index (χ0n) is 12.0. The molecule has 0 N–H and O–H groups in total. The second-order valence-electron chi connectivity index (χ2n) is 6.13. The lowest BCUT2D eigenvalue weighted by Crippen LogP contribution is -2.22. The fourth-order valence-electron chi connectivity index (χ4n) is 1.97. The van der Waals surface area contributed by atoms with Crippen LogP contribution in [0.3, 0.4) is 0 Å². The van der Waals surface area contributed by atoms with E-state index in [9.17, 15) is 0 Å². The lowest BCUT2D eigenvalue weighted by atomic mass is 10.3. The molecule has 2 aromatic rings. The van der Waals surface area contributed by atoms with Crippen LogP contribution in [0.4, 0.5) is 0 Å². The lowest BCUT2D eigenvalue weighted by molar-refractivity contribution is 0.0890. The lowest BCUT2D eigenvalue weighted by Gasteiger charge is -2.16. The normalized spacial score (nSPS) is 12.3. The number of pyridine rings is 1. The topological polar surface area (TPSA) is 27.1 Å². The van der Waals surface area contributed by atoms with Crippen LogP contribution >= 0.6 is 11.6 Å². The van der Waals surface area contributed by atoms with Gasteiger partial charge >= 0.3 is 0 Å². The van der Waals surface area contributed by atoms with Crippen LogP contribution in [0.2, 0.25) is 30.8 Å². The Kier molecular flexibility index (Phi) is 4.33. The molecule has 0 bridgehead atoms. The highest BCUT2D eigenvalue weighted by molar-refractivity contribution is 6.76. The van der Waals surface area contributed by atoms with Crippen LogP contribution < -0.4 is 0 Å². The molecule has 0 fully saturated rings. The maximum absolute atomic E-state index is 5.96. The van der Waals surface area contributed by atoms with Crippen molar-refractivity contribution < 1.29 is 4.74 Å². The van der Waals surface area contributed by atoms with Gasteiger partial charge < -0.3 is 9.30 Å². The third-order valence-electron chi connectivity index (χ3n) is 3.18. The first kappa shape index (κ1) is 14.6. The van der Waals surface area contributed by atoms with Crippen molar-refractivity contribution in [2.24, 2.45) is 0 Å². The molecular formula is C14H21ClN2OSi. The van der Waals surface area contributed by atoms with Gasteiger partial charge in [0.1, 0.15) is 11.9 Å². The maximum Gasteiger partial charge on any atom is 0.131 e. The summed E-state index contributed by atoms with van der Waals surface area (Å²) < 4.78 is 7.96. The summed E-state index contributed by atoms with van der Waals surface area (Å²) in [7, 11) is -1.02. The van der Waals surface area contributed by atoms with Crippen molar-refractivity contribution in [1.29, 1.82) is 0 Å². The third kappa shape index (κ3) is 3.81. The molecule has 0 spiro atoms. The monoisotopic (exact) mass is 296 g/mol. The molecule has 2 aromatic heterocycles. The first-order valence-electron chi connectivity index (χ1n) is 6.56. The fourth-order valence-corrected chi connectivity index (χ4v) is 2.88. The Balaban J connectivity index is 2.08. The number of hydrogen-bond donors (Lipinski definition) is 0. The minimum Gasteiger partial charge on any atom is -0.361 e. The second kappa shape index (κ2) is 5.65. The molecule has 19 heavy (non-hydrogen) atoms. The highest BCUT2D eigenvalue weighted by Gasteiger charge is 2.12. The van der Waals surface area contributed by atoms with Crippen molar-refractivity contribution in [3.05, 3.63) is 29.2 Å². The molecule has 0 amide bonds. The predicted octanol–water partition coefficient (Wildman–Crippen LogP) is 4.31. The molecule has 2 heterocycles. The van der Waals surface area contributed by atoms with Gasteiger partial charge in [0.15, 0.2) is 0 Å². The molecule has 0 aliphatic rings. The maximum atomic E-state index is 5.96. The van der Waals surface area contributed by atoms with Crippen LogP contribution in [0.5, 0.6) is 0 Å². The Hall–Kier alpha value is -0.843. The average molecular weight is 297 g/mol. The fraction of sp³-hybridized carbons (Fsp3) is 0.500. The molecule has 0 radical (unpaired) electrons. The molecule has 0 unspecified atom stereocenters. The molecule has 2 rings (SSSR count). The molecule has 0 aliphatic heterocycles. The number of aromatic nitrogens is 2. The van der Waals surface area contributed by atoms with E-state index in [2.05, 4.69) is 42.2 Å². The number of halogens is 1. The van der Waals surface area contributed by atoms with Gasteiger partial charge in [0.05, 0.1) is 5.52 Å². The molecule has 0 saturated carbocycles. The molecule has 0 saturated heterocycles. The van der Waals surface area contributed by atoms with Gasteiger partial charge in [-0.2, -0.15) is 0 Å². The summed E-state index contributed by atoms with van der Waals surface area (Å²) in [5, 5.41) is 1.63. The summed E-state index contributed by atoms with van der Waals surface area (Å²) in [5.74, 6) is 0. The molecule has 104 valence electrons. The van der Waals surface area contributed by atoms with E-state index in [4.69, 9.17) is 16.3 Å². The van der Waals surface area contributed by atoms with E-state index < -0.39 is 8.07 Å². The van der Waals surface area contributed by atoms with E-state index in [1.165, 1.54) is 11.7 Å². The van der Waals surface area contributed by atoms with Crippen LogP contribution in [0.15, 0.2) is 18.3 Å². The smallest absolute Gasteiger partial charge is 0.131 e. The summed E-state index contributed by atoms with van der Waals surface area (Å²) in [5.41, 5.74) is 2.26. The minimum atomic E-state index is -1.02. The van der Waals surface area contributed by atoms with Gasteiger partial charge in [-0.1, -0.05) is 31.2 Å². The predicted molar refractivity (Wildman–Crippen MR) is 83.6 cm³/mol. The van der Waals surface area contributed by atoms with Crippen LogP contribution in [0.1, 0.15) is 5.69 Å². The van der Waals surface area contributed by atoms with E-state index in [0.29, 0.717) is 11.9 Å². The van der Waals surface area contributed by atoms with Gasteiger partial charge in [-0.15, -0.1) is 0 Å². The Labute approximate surface area is 120 Å². The van der Waals surface area contributed by atoms with E-state index in [0.717, 1.165) is 17.5 Å². The molecule has 0 aliphatic carbocycles. The van der Waals surface area contributed by atoms with Crippen molar-refractivity contribution >= 4 is 30.6 Å². The molecule has 0 atom stereocenters. The van der Waals surface area contributed by atoms with Crippen molar-refractivity contribution in [3.8, 4) is 0 Å². The van der Waals surface area contributed by atoms with Gasteiger partial charge in [0, 0.05) is 32.0 Å². The SMILES string of the molecule is Cc1cc2cnc(Cl)cc2n1COCC[Si](C)(C)C. The van der Waals surface area contributed by atoms with E-state index in [1.807, 2.05) is 12.3 Å². The van der Waals surface area contributed by atoms with Gasteiger partial charge in [0.25, 0.3) is 0 Å². The van der Waals surface area contributed by atoms with Crippen molar-refractivity contribution in [2.45, 2.75) is 39.3 Å². The number of hydrogen-bond acceptors (Lipinski definition) is 2. The summed E-state index contributed by atoms with van der Waals surface area (Å²) in [4.78, 5) is 4.11. The highest BCUT2D eigenvalue weighted by Crippen LogP contribution is 2.21. The Morgan fingerprint density at radius 1 is 1.32 bits per heavy atom. The molecule has 3 nitrogen and oxygen atoms in total. The third-order valence-corrected chi connectivity index (χ3v) is 5.09. The van der Waals surface area contributed by atoms with Gasteiger partial charge in [-0.25, -0.2) is 4.98 Å². The number of rotatable bonds is 5. The average Bonchev–Trinajstić information content (AvgIpc) is 2.59. The van der Waals surface area contributed by atoms with Crippen molar-refractivity contribution in [2.75, 3.05) is 6.61 Å². The van der Waals surface area contributed by atoms with Crippen LogP contribution in [-0.2, 0) is 11.5 Å². The van der Waals surface area contributed by atoms with E-state index in [-0.39, 0.29) is 0 Å². The molecule has 0 aromatic carbocycles. The molecular weight excluding hydrogens is 276 g/mol. The second-order valence-corrected chi connectivity index (χ2v) is 12.1. The van der Waals surface area contributed by atoms with Gasteiger partial charge in [-0.3, -0.25) is 0 Å². The number of aryl methyl sites for hydroxylation is 1. The number of fused-ring (bicyclic) bond motifs is 1. The Morgan fingerprint density at radius 3 is 2.74 bits per heavy atom. The summed E-state index contributed by atoms with van der Waals surface area (Å²) >= 11 is 5.96. The van der Waals surface area contributed by atoms with E-state index in [1.54, 1.807) is 0 Å². The highest BCUT2D eigenvalue weighted by atomic mass is 35.5. The van der Waals surface area contributed by atoms with Gasteiger partial charge in [0.2, 0.25) is 0 Å². The largest absolute Gasteiger partial charge is 0.361 e. The number of nitrogens with zero attached hydrogens (tertiary/aromatic N) is 2. The standard InChI is InChI=1S/C14H21ClN2OSi/c1-11-7-12-9-16-14(15)8-13(12)17(11)10-18-5-6-19(2,3)4/h7-9H,5-6,10H2,1-4H3. The first-order valence-corrected chi connectivity index (χ1v) is 10.6. The van der Waals surface area contributed by atoms with Crippen LogP contribution in [-0.4, -0.2) is 24.2 Å². The summed E-state index contributed by atoms with van der Waals surface area (Å²) in [6, 6.07) is 5.19. The molecule has 5 heteroatoms.